The fourth-order valence-corrected chi connectivity index (χ4v) is 3.42. The Bertz CT molecular complexity index is 765. The zero-order valence-electron chi connectivity index (χ0n) is 13.3. The number of carboxylic acid groups (broad SMARTS) is 1. The standard InChI is InChI=1S/C15H19FN2O5S/c1-9-11(15(20)21)4-3-7-18(9)14(19)10-5-6-12(16)13(8-10)17-24(2,22)23/h5-6,8-9,11,17H,3-4,7H2,1-2H3,(H,20,21)/t9-,11-/m1/s1. The van der Waals surface area contributed by atoms with Gasteiger partial charge in [0.2, 0.25) is 10.0 Å². The molecule has 1 heterocycles. The monoisotopic (exact) mass is 358 g/mol. The van der Waals surface area contributed by atoms with Crippen molar-refractivity contribution >= 4 is 27.6 Å². The van der Waals surface area contributed by atoms with Crippen LogP contribution in [0.15, 0.2) is 18.2 Å². The number of anilines is 1. The number of carboxylic acids is 1. The minimum atomic E-state index is -3.69. The number of hydrogen-bond acceptors (Lipinski definition) is 4. The minimum absolute atomic E-state index is 0.0976. The maximum absolute atomic E-state index is 13.7. The van der Waals surface area contributed by atoms with Gasteiger partial charge >= 0.3 is 5.97 Å². The molecule has 7 nitrogen and oxygen atoms in total. The summed E-state index contributed by atoms with van der Waals surface area (Å²) in [5.41, 5.74) is -0.219. The van der Waals surface area contributed by atoms with Gasteiger partial charge in [-0.15, -0.1) is 0 Å². The van der Waals surface area contributed by atoms with Gasteiger partial charge in [-0.2, -0.15) is 0 Å². The number of likely N-dealkylation sites (tertiary alicyclic amines) is 1. The second-order valence-electron chi connectivity index (χ2n) is 5.89. The van der Waals surface area contributed by atoms with Gasteiger partial charge in [-0.25, -0.2) is 12.8 Å². The van der Waals surface area contributed by atoms with Gasteiger partial charge in [0, 0.05) is 18.2 Å². The third-order valence-electron chi connectivity index (χ3n) is 4.07. The molecule has 1 aromatic carbocycles. The molecule has 0 spiro atoms. The molecular weight excluding hydrogens is 339 g/mol. The van der Waals surface area contributed by atoms with Crippen LogP contribution < -0.4 is 4.72 Å². The normalized spacial score (nSPS) is 21.4. The van der Waals surface area contributed by atoms with E-state index < -0.39 is 39.7 Å². The van der Waals surface area contributed by atoms with E-state index >= 15 is 0 Å². The van der Waals surface area contributed by atoms with Crippen LogP contribution in [0.1, 0.15) is 30.1 Å². The van der Waals surface area contributed by atoms with Crippen LogP contribution in [-0.2, 0) is 14.8 Å². The fraction of sp³-hybridized carbons (Fsp3) is 0.467. The third-order valence-corrected chi connectivity index (χ3v) is 4.67. The van der Waals surface area contributed by atoms with Gasteiger partial charge in [-0.05, 0) is 38.0 Å². The Morgan fingerprint density at radius 1 is 1.38 bits per heavy atom. The van der Waals surface area contributed by atoms with E-state index in [2.05, 4.69) is 0 Å². The van der Waals surface area contributed by atoms with Crippen molar-refractivity contribution in [1.82, 2.24) is 4.90 Å². The van der Waals surface area contributed by atoms with Gasteiger partial charge in [-0.3, -0.25) is 14.3 Å². The van der Waals surface area contributed by atoms with Gasteiger partial charge in [0.25, 0.3) is 5.91 Å². The Morgan fingerprint density at radius 3 is 2.62 bits per heavy atom. The zero-order chi connectivity index (χ0) is 18.1. The summed E-state index contributed by atoms with van der Waals surface area (Å²) in [6.45, 7) is 2.06. The number of benzene rings is 1. The van der Waals surface area contributed by atoms with Crippen molar-refractivity contribution in [3.63, 3.8) is 0 Å². The molecule has 9 heteroatoms. The molecular formula is C15H19FN2O5S. The van der Waals surface area contributed by atoms with Gasteiger partial charge < -0.3 is 10.0 Å². The first-order valence-corrected chi connectivity index (χ1v) is 9.30. The first-order valence-electron chi connectivity index (χ1n) is 7.41. The maximum Gasteiger partial charge on any atom is 0.308 e. The molecule has 2 atom stereocenters. The van der Waals surface area contributed by atoms with E-state index in [0.29, 0.717) is 19.4 Å². The number of halogens is 1. The highest BCUT2D eigenvalue weighted by Crippen LogP contribution is 2.26. The fourth-order valence-electron chi connectivity index (χ4n) is 2.86. The van der Waals surface area contributed by atoms with E-state index in [4.69, 9.17) is 0 Å². The van der Waals surface area contributed by atoms with Crippen molar-refractivity contribution in [3.8, 4) is 0 Å². The minimum Gasteiger partial charge on any atom is -0.481 e. The molecule has 132 valence electrons. The van der Waals surface area contributed by atoms with E-state index in [1.807, 2.05) is 4.72 Å². The van der Waals surface area contributed by atoms with Crippen molar-refractivity contribution in [2.24, 2.45) is 5.92 Å². The summed E-state index contributed by atoms with van der Waals surface area (Å²) in [4.78, 5) is 25.3. The lowest BCUT2D eigenvalue weighted by Gasteiger charge is -2.37. The predicted octanol–water partition coefficient (Wildman–Crippen LogP) is 1.52. The highest BCUT2D eigenvalue weighted by molar-refractivity contribution is 7.92. The van der Waals surface area contributed by atoms with Crippen LogP contribution in [0.4, 0.5) is 10.1 Å². The molecule has 0 unspecified atom stereocenters. The van der Waals surface area contributed by atoms with Gasteiger partial charge in [-0.1, -0.05) is 0 Å². The molecule has 1 amide bonds. The molecule has 24 heavy (non-hydrogen) atoms. The second kappa shape index (κ2) is 6.76. The molecule has 0 radical (unpaired) electrons. The lowest BCUT2D eigenvalue weighted by Crippen LogP contribution is -2.49. The quantitative estimate of drug-likeness (QED) is 0.849. The van der Waals surface area contributed by atoms with Gasteiger partial charge in [0.15, 0.2) is 0 Å². The van der Waals surface area contributed by atoms with Crippen LogP contribution in [0.25, 0.3) is 0 Å². The van der Waals surface area contributed by atoms with E-state index in [-0.39, 0.29) is 11.3 Å². The van der Waals surface area contributed by atoms with Crippen LogP contribution in [0.5, 0.6) is 0 Å². The van der Waals surface area contributed by atoms with Crippen molar-refractivity contribution in [2.75, 3.05) is 17.5 Å². The lowest BCUT2D eigenvalue weighted by molar-refractivity contribution is -0.144. The molecule has 0 bridgehead atoms. The molecule has 0 aliphatic carbocycles. The largest absolute Gasteiger partial charge is 0.481 e. The number of piperidine rings is 1. The summed E-state index contributed by atoms with van der Waals surface area (Å²) in [6, 6.07) is 2.88. The predicted molar refractivity (Wildman–Crippen MR) is 85.7 cm³/mol. The number of nitrogens with zero attached hydrogens (tertiary/aromatic N) is 1. The molecule has 1 aliphatic rings. The number of carbonyl (C=O) groups is 2. The third kappa shape index (κ3) is 4.02. The summed E-state index contributed by atoms with van der Waals surface area (Å²) in [6.07, 6.45) is 1.93. The smallest absolute Gasteiger partial charge is 0.308 e. The van der Waals surface area contributed by atoms with Gasteiger partial charge in [0.1, 0.15) is 5.82 Å². The molecule has 2 rings (SSSR count). The first-order chi connectivity index (χ1) is 11.1. The Kier molecular flexibility index (Phi) is 5.12. The van der Waals surface area contributed by atoms with E-state index in [9.17, 15) is 27.5 Å². The van der Waals surface area contributed by atoms with Crippen LogP contribution >= 0.6 is 0 Å². The van der Waals surface area contributed by atoms with E-state index in [0.717, 1.165) is 18.4 Å². The summed E-state index contributed by atoms with van der Waals surface area (Å²) < 4.78 is 38.3. The number of hydrogen-bond donors (Lipinski definition) is 2. The van der Waals surface area contributed by atoms with Crippen molar-refractivity contribution in [1.29, 1.82) is 0 Å². The molecule has 2 N–H and O–H groups in total. The van der Waals surface area contributed by atoms with E-state index in [1.54, 1.807) is 6.92 Å². The number of nitrogens with one attached hydrogen (secondary N) is 1. The maximum atomic E-state index is 13.7. The number of carbonyl (C=O) groups excluding carboxylic acids is 1. The lowest BCUT2D eigenvalue weighted by atomic mass is 9.90. The van der Waals surface area contributed by atoms with Crippen molar-refractivity contribution in [3.05, 3.63) is 29.6 Å². The average molecular weight is 358 g/mol. The summed E-state index contributed by atoms with van der Waals surface area (Å²) in [5, 5.41) is 9.22. The number of aliphatic carboxylic acids is 1. The summed E-state index contributed by atoms with van der Waals surface area (Å²) in [5.74, 6) is -2.87. The first kappa shape index (κ1) is 18.2. The highest BCUT2D eigenvalue weighted by Gasteiger charge is 2.35. The number of rotatable bonds is 4. The molecule has 1 aromatic rings. The van der Waals surface area contributed by atoms with Crippen molar-refractivity contribution in [2.45, 2.75) is 25.8 Å². The second-order valence-corrected chi connectivity index (χ2v) is 7.64. The Balaban J connectivity index is 2.29. The molecule has 1 aliphatic heterocycles. The average Bonchev–Trinajstić information content (AvgIpc) is 2.47. The van der Waals surface area contributed by atoms with Gasteiger partial charge in [0.05, 0.1) is 17.9 Å². The molecule has 1 fully saturated rings. The Morgan fingerprint density at radius 2 is 2.04 bits per heavy atom. The highest BCUT2D eigenvalue weighted by atomic mass is 32.2. The zero-order valence-corrected chi connectivity index (χ0v) is 14.1. The summed E-state index contributed by atoms with van der Waals surface area (Å²) in [7, 11) is -3.69. The molecule has 0 aromatic heterocycles. The Hall–Kier alpha value is -2.16. The molecule has 0 saturated carbocycles. The SMILES string of the molecule is C[C@@H]1[C@H](C(=O)O)CCCN1C(=O)c1ccc(F)c(NS(C)(=O)=O)c1. The molecule has 1 saturated heterocycles. The topological polar surface area (TPSA) is 104 Å². The van der Waals surface area contributed by atoms with E-state index in [1.165, 1.54) is 11.0 Å². The van der Waals surface area contributed by atoms with Crippen LogP contribution in [0, 0.1) is 11.7 Å². The van der Waals surface area contributed by atoms with Crippen LogP contribution in [0.3, 0.4) is 0 Å². The number of sulfonamides is 1. The van der Waals surface area contributed by atoms with Crippen molar-refractivity contribution < 1.29 is 27.5 Å². The Labute approximate surface area is 139 Å². The number of amides is 1. The van der Waals surface area contributed by atoms with Crippen LogP contribution in [0.2, 0.25) is 0 Å². The summed E-state index contributed by atoms with van der Waals surface area (Å²) >= 11 is 0. The van der Waals surface area contributed by atoms with Crippen LogP contribution in [-0.4, -0.2) is 49.1 Å².